The standard InChI is InChI=1S/C19H20N4O3/c1-10-6-11(2)16(12(3)7-10)15(24)9-26-18(25)17-21-19-20-13(4)8-14(5)23(19)22-17/h6-8H,9H2,1-5H3. The van der Waals surface area contributed by atoms with Gasteiger partial charge in [0, 0.05) is 17.0 Å². The molecule has 26 heavy (non-hydrogen) atoms. The van der Waals surface area contributed by atoms with E-state index in [1.54, 1.807) is 0 Å². The smallest absolute Gasteiger partial charge is 0.378 e. The van der Waals surface area contributed by atoms with E-state index in [9.17, 15) is 9.59 Å². The van der Waals surface area contributed by atoms with Crippen LogP contribution in [0.15, 0.2) is 18.2 Å². The number of aromatic nitrogens is 4. The number of carbonyl (C=O) groups excluding carboxylic acids is 2. The van der Waals surface area contributed by atoms with E-state index in [0.717, 1.165) is 28.1 Å². The van der Waals surface area contributed by atoms with Crippen molar-refractivity contribution < 1.29 is 14.3 Å². The monoisotopic (exact) mass is 352 g/mol. The van der Waals surface area contributed by atoms with Crippen LogP contribution in [0, 0.1) is 34.6 Å². The van der Waals surface area contributed by atoms with E-state index in [4.69, 9.17) is 4.74 Å². The zero-order chi connectivity index (χ0) is 19.0. The molecular weight excluding hydrogens is 332 g/mol. The number of aryl methyl sites for hydroxylation is 5. The average molecular weight is 352 g/mol. The van der Waals surface area contributed by atoms with Crippen molar-refractivity contribution in [3.8, 4) is 0 Å². The maximum Gasteiger partial charge on any atom is 0.378 e. The first-order valence-corrected chi connectivity index (χ1v) is 8.25. The summed E-state index contributed by atoms with van der Waals surface area (Å²) in [5.74, 6) is -0.784. The molecule has 2 heterocycles. The minimum Gasteiger partial charge on any atom is -0.451 e. The van der Waals surface area contributed by atoms with Gasteiger partial charge in [-0.25, -0.2) is 14.3 Å². The second-order valence-electron chi connectivity index (χ2n) is 6.46. The number of carbonyl (C=O) groups is 2. The zero-order valence-electron chi connectivity index (χ0n) is 15.5. The largest absolute Gasteiger partial charge is 0.451 e. The van der Waals surface area contributed by atoms with Crippen LogP contribution in [0.3, 0.4) is 0 Å². The van der Waals surface area contributed by atoms with Crippen molar-refractivity contribution in [1.29, 1.82) is 0 Å². The van der Waals surface area contributed by atoms with Crippen LogP contribution < -0.4 is 0 Å². The Morgan fingerprint density at radius 2 is 1.65 bits per heavy atom. The highest BCUT2D eigenvalue weighted by Crippen LogP contribution is 2.17. The summed E-state index contributed by atoms with van der Waals surface area (Å²) in [6.07, 6.45) is 0. The fourth-order valence-electron chi connectivity index (χ4n) is 3.14. The minimum absolute atomic E-state index is 0.114. The maximum atomic E-state index is 12.5. The first-order chi connectivity index (χ1) is 12.3. The van der Waals surface area contributed by atoms with E-state index >= 15 is 0 Å². The number of benzene rings is 1. The summed E-state index contributed by atoms with van der Waals surface area (Å²) in [4.78, 5) is 33.0. The predicted octanol–water partition coefficient (Wildman–Crippen LogP) is 2.71. The number of rotatable bonds is 4. The Labute approximate surface area is 151 Å². The van der Waals surface area contributed by atoms with E-state index in [-0.39, 0.29) is 18.2 Å². The van der Waals surface area contributed by atoms with Crippen LogP contribution in [0.5, 0.6) is 0 Å². The second kappa shape index (κ2) is 6.67. The van der Waals surface area contributed by atoms with Crippen LogP contribution in [0.4, 0.5) is 0 Å². The molecule has 3 aromatic rings. The molecular formula is C19H20N4O3. The van der Waals surface area contributed by atoms with Gasteiger partial charge in [0.1, 0.15) is 0 Å². The van der Waals surface area contributed by atoms with Crippen molar-refractivity contribution in [3.05, 3.63) is 57.7 Å². The number of ether oxygens (including phenoxy) is 1. The molecule has 0 saturated heterocycles. The van der Waals surface area contributed by atoms with E-state index in [2.05, 4.69) is 15.1 Å². The van der Waals surface area contributed by atoms with Gasteiger partial charge in [0.15, 0.2) is 6.61 Å². The van der Waals surface area contributed by atoms with Gasteiger partial charge in [-0.15, -0.1) is 5.10 Å². The van der Waals surface area contributed by atoms with E-state index < -0.39 is 5.97 Å². The van der Waals surface area contributed by atoms with Crippen LogP contribution in [0.1, 0.15) is 49.1 Å². The second-order valence-corrected chi connectivity index (χ2v) is 6.46. The highest BCUT2D eigenvalue weighted by molar-refractivity contribution is 6.01. The predicted molar refractivity (Wildman–Crippen MR) is 95.5 cm³/mol. The van der Waals surface area contributed by atoms with Crippen molar-refractivity contribution >= 4 is 17.5 Å². The Bertz CT molecular complexity index is 1010. The minimum atomic E-state index is -0.747. The van der Waals surface area contributed by atoms with Crippen LogP contribution in [0.25, 0.3) is 5.78 Å². The Balaban J connectivity index is 1.77. The first kappa shape index (κ1) is 17.7. The Morgan fingerprint density at radius 3 is 2.31 bits per heavy atom. The Kier molecular flexibility index (Phi) is 4.54. The molecule has 0 aliphatic rings. The van der Waals surface area contributed by atoms with Gasteiger partial charge in [-0.2, -0.15) is 4.98 Å². The number of fused-ring (bicyclic) bond motifs is 1. The van der Waals surface area contributed by atoms with Gasteiger partial charge in [-0.05, 0) is 51.8 Å². The third kappa shape index (κ3) is 3.33. The van der Waals surface area contributed by atoms with Crippen LogP contribution >= 0.6 is 0 Å². The van der Waals surface area contributed by atoms with Crippen molar-refractivity contribution in [2.24, 2.45) is 0 Å². The molecule has 0 amide bonds. The number of hydrogen-bond acceptors (Lipinski definition) is 6. The first-order valence-electron chi connectivity index (χ1n) is 8.25. The number of esters is 1. The lowest BCUT2D eigenvalue weighted by Crippen LogP contribution is -2.17. The quantitative estimate of drug-likeness (QED) is 0.530. The van der Waals surface area contributed by atoms with Crippen LogP contribution in [0.2, 0.25) is 0 Å². The summed E-state index contributed by atoms with van der Waals surface area (Å²) in [7, 11) is 0. The number of ketones is 1. The number of hydrogen-bond donors (Lipinski definition) is 0. The summed E-state index contributed by atoms with van der Waals surface area (Å²) >= 11 is 0. The normalized spacial score (nSPS) is 11.0. The van der Waals surface area contributed by atoms with Gasteiger partial charge in [-0.1, -0.05) is 17.7 Å². The zero-order valence-corrected chi connectivity index (χ0v) is 15.5. The average Bonchev–Trinajstić information content (AvgIpc) is 2.96. The van der Waals surface area contributed by atoms with Gasteiger partial charge in [0.25, 0.3) is 11.6 Å². The van der Waals surface area contributed by atoms with Crippen molar-refractivity contribution in [2.75, 3.05) is 6.61 Å². The molecule has 2 aromatic heterocycles. The lowest BCUT2D eigenvalue weighted by atomic mass is 9.97. The fourth-order valence-corrected chi connectivity index (χ4v) is 3.14. The molecule has 1 aromatic carbocycles. The summed E-state index contributed by atoms with van der Waals surface area (Å²) in [5, 5.41) is 4.11. The van der Waals surface area contributed by atoms with Gasteiger partial charge in [0.2, 0.25) is 5.78 Å². The van der Waals surface area contributed by atoms with E-state index in [1.165, 1.54) is 4.52 Å². The lowest BCUT2D eigenvalue weighted by molar-refractivity contribution is 0.0462. The SMILES string of the molecule is Cc1cc(C)c(C(=O)COC(=O)c2nc3nc(C)cc(C)n3n2)c(C)c1. The van der Waals surface area contributed by atoms with Crippen molar-refractivity contribution in [3.63, 3.8) is 0 Å². The molecule has 0 bridgehead atoms. The molecule has 0 spiro atoms. The summed E-state index contributed by atoms with van der Waals surface area (Å²) in [6, 6.07) is 5.70. The molecule has 134 valence electrons. The Hall–Kier alpha value is -3.09. The molecule has 0 aliphatic carbocycles. The molecule has 0 saturated carbocycles. The van der Waals surface area contributed by atoms with E-state index in [0.29, 0.717) is 11.3 Å². The molecule has 7 heteroatoms. The molecule has 0 N–H and O–H groups in total. The lowest BCUT2D eigenvalue weighted by Gasteiger charge is -2.10. The third-order valence-electron chi connectivity index (χ3n) is 4.09. The Morgan fingerprint density at radius 1 is 1.00 bits per heavy atom. The molecule has 0 atom stereocenters. The van der Waals surface area contributed by atoms with Crippen LogP contribution in [-0.2, 0) is 4.74 Å². The topological polar surface area (TPSA) is 86.5 Å². The maximum absolute atomic E-state index is 12.5. The third-order valence-corrected chi connectivity index (χ3v) is 4.09. The van der Waals surface area contributed by atoms with Gasteiger partial charge in [0.05, 0.1) is 0 Å². The number of Topliss-reactive ketones (excluding diaryl/α,β-unsaturated/α-hetero) is 1. The highest BCUT2D eigenvalue weighted by atomic mass is 16.5. The van der Waals surface area contributed by atoms with Crippen molar-refractivity contribution in [2.45, 2.75) is 34.6 Å². The van der Waals surface area contributed by atoms with Crippen molar-refractivity contribution in [1.82, 2.24) is 19.6 Å². The molecule has 0 unspecified atom stereocenters. The molecule has 7 nitrogen and oxygen atoms in total. The van der Waals surface area contributed by atoms with Gasteiger partial charge >= 0.3 is 5.97 Å². The molecule has 0 radical (unpaired) electrons. The molecule has 0 fully saturated rings. The highest BCUT2D eigenvalue weighted by Gasteiger charge is 2.20. The summed E-state index contributed by atoms with van der Waals surface area (Å²) in [6.45, 7) is 9.04. The van der Waals surface area contributed by atoms with Crippen LogP contribution in [-0.4, -0.2) is 37.9 Å². The summed E-state index contributed by atoms with van der Waals surface area (Å²) < 4.78 is 6.60. The summed E-state index contributed by atoms with van der Waals surface area (Å²) in [5.41, 5.74) is 4.98. The number of nitrogens with zero attached hydrogens (tertiary/aromatic N) is 4. The van der Waals surface area contributed by atoms with E-state index in [1.807, 2.05) is 52.8 Å². The molecule has 3 rings (SSSR count). The molecule has 0 aliphatic heterocycles. The fraction of sp³-hybridized carbons (Fsp3) is 0.316. The van der Waals surface area contributed by atoms with Gasteiger partial charge in [-0.3, -0.25) is 4.79 Å². The van der Waals surface area contributed by atoms with Gasteiger partial charge < -0.3 is 4.74 Å².